The highest BCUT2D eigenvalue weighted by Gasteiger charge is 2.23. The molecule has 0 radical (unpaired) electrons. The van der Waals surface area contributed by atoms with E-state index in [4.69, 9.17) is 14.4 Å². The molecule has 0 bridgehead atoms. The van der Waals surface area contributed by atoms with Gasteiger partial charge in [0.25, 0.3) is 0 Å². The molecule has 1 unspecified atom stereocenters. The maximum atomic E-state index is 6.55. The fraction of sp³-hybridized carbons (Fsp3) is 0.118. The van der Waals surface area contributed by atoms with Gasteiger partial charge in [-0.2, -0.15) is 0 Å². The Morgan fingerprint density at radius 3 is 2.04 bits per heavy atom. The summed E-state index contributed by atoms with van der Waals surface area (Å²) in [7, 11) is 0. The standard InChI is InChI=1S/C54H36N4O.C10H12.2C2H6/c1-3-12-42-41-19-9-10-20-46(41)58-47-31-44-38(30-43(47)32(2)51(42)58)24-26-49-50(44)45-29-37(23-25-48(45)59-49)36-17-11-18-39(28-36)53-55-52(34-14-5-4-6-15-34)56-54(57-53)40-22-21-33-13-7-8-16-35(33)27-40;1-8(2)10-7-5-4-6-9(10)3;2*1-2/h3-31,52H,1H2,2H3,(H,55,56,57);4-7H,1H2,2-3H3;2*1-2H3/b42-12-;;;. The number of nitrogens with one attached hydrogen (secondary N) is 1. The highest BCUT2D eigenvalue weighted by Crippen LogP contribution is 2.40. The normalized spacial score (nSPS) is 13.5. The summed E-state index contributed by atoms with van der Waals surface area (Å²) in [4.78, 5) is 10.3. The number of furan rings is 1. The van der Waals surface area contributed by atoms with E-state index < -0.39 is 0 Å². The predicted molar refractivity (Wildman–Crippen MR) is 315 cm³/mol. The molecule has 0 amide bonds. The van der Waals surface area contributed by atoms with Gasteiger partial charge in [0.2, 0.25) is 0 Å². The largest absolute Gasteiger partial charge is 0.456 e. The molecule has 5 nitrogen and oxygen atoms in total. The van der Waals surface area contributed by atoms with Crippen molar-refractivity contribution >= 4 is 94.1 Å². The van der Waals surface area contributed by atoms with Crippen LogP contribution in [0.5, 0.6) is 0 Å². The Morgan fingerprint density at radius 1 is 0.575 bits per heavy atom. The number of rotatable bonds is 6. The molecule has 5 heteroatoms. The lowest BCUT2D eigenvalue weighted by Crippen LogP contribution is -2.33. The molecule has 12 aromatic rings. The smallest absolute Gasteiger partial charge is 0.159 e. The summed E-state index contributed by atoms with van der Waals surface area (Å²) in [5.74, 6) is 1.49. The molecule has 358 valence electrons. The van der Waals surface area contributed by atoms with Gasteiger partial charge < -0.3 is 14.1 Å². The first kappa shape index (κ1) is 47.9. The maximum absolute atomic E-state index is 6.55. The monoisotopic (exact) mass is 948 g/mol. The molecule has 0 spiro atoms. The van der Waals surface area contributed by atoms with Gasteiger partial charge in [0, 0.05) is 37.9 Å². The van der Waals surface area contributed by atoms with E-state index in [1.54, 1.807) is 0 Å². The quantitative estimate of drug-likeness (QED) is 0.181. The molecular weight excluding hydrogens is 889 g/mol. The average molecular weight is 949 g/mol. The molecule has 0 fully saturated rings. The Bertz CT molecular complexity index is 4190. The summed E-state index contributed by atoms with van der Waals surface area (Å²) in [6, 6.07) is 66.3. The van der Waals surface area contributed by atoms with Crippen molar-refractivity contribution in [3.63, 3.8) is 0 Å². The van der Waals surface area contributed by atoms with Crippen molar-refractivity contribution in [2.75, 3.05) is 0 Å². The van der Waals surface area contributed by atoms with Crippen molar-refractivity contribution < 1.29 is 4.42 Å². The number of fused-ring (bicyclic) bond motifs is 11. The lowest BCUT2D eigenvalue weighted by Gasteiger charge is -2.24. The Labute approximate surface area is 427 Å². The number of aryl methyl sites for hydroxylation is 2. The number of aromatic nitrogens is 1. The SMILES string of the molecule is C=C(C)c1ccccc1C.C=C/C=c1/c2ccccc2n2c1c(C)c1cc3ccc4oc5ccc(-c6cccc(C7=NC(c8ccc9ccccc9c8)=NC(c8ccccc8)N7)c6)cc5c4c3cc12.CC.CC. The summed E-state index contributed by atoms with van der Waals surface area (Å²) in [6.07, 6.45) is 3.74. The molecule has 13 rings (SSSR count). The second-order valence-electron chi connectivity index (χ2n) is 18.1. The first-order valence-electron chi connectivity index (χ1n) is 25.5. The van der Waals surface area contributed by atoms with Crippen LogP contribution in [-0.4, -0.2) is 16.1 Å². The van der Waals surface area contributed by atoms with Crippen molar-refractivity contribution in [2.45, 2.75) is 54.6 Å². The van der Waals surface area contributed by atoms with Crippen LogP contribution in [0.3, 0.4) is 0 Å². The molecule has 0 aliphatic carbocycles. The number of hydrogen-bond acceptors (Lipinski definition) is 4. The predicted octanol–water partition coefficient (Wildman–Crippen LogP) is 17.7. The minimum atomic E-state index is -0.286. The van der Waals surface area contributed by atoms with Crippen molar-refractivity contribution in [3.05, 3.63) is 246 Å². The van der Waals surface area contributed by atoms with Crippen LogP contribution >= 0.6 is 0 Å². The summed E-state index contributed by atoms with van der Waals surface area (Å²) in [5, 5.41) is 14.3. The van der Waals surface area contributed by atoms with Crippen molar-refractivity contribution in [1.29, 1.82) is 0 Å². The Hall–Kier alpha value is -8.80. The third-order valence-electron chi connectivity index (χ3n) is 13.7. The van der Waals surface area contributed by atoms with Crippen LogP contribution < -0.4 is 10.5 Å². The van der Waals surface area contributed by atoms with Gasteiger partial charge in [-0.05, 0) is 124 Å². The third kappa shape index (κ3) is 8.78. The van der Waals surface area contributed by atoms with E-state index in [0.717, 1.165) is 66.6 Å². The molecule has 73 heavy (non-hydrogen) atoms. The summed E-state index contributed by atoms with van der Waals surface area (Å²) >= 11 is 0. The van der Waals surface area contributed by atoms with Crippen LogP contribution in [0.15, 0.2) is 222 Å². The van der Waals surface area contributed by atoms with E-state index in [0.29, 0.717) is 5.84 Å². The summed E-state index contributed by atoms with van der Waals surface area (Å²) in [5.41, 5.74) is 15.6. The third-order valence-corrected chi connectivity index (χ3v) is 13.7. The molecule has 1 aliphatic heterocycles. The highest BCUT2D eigenvalue weighted by molar-refractivity contribution is 6.22. The molecule has 3 aromatic heterocycles. The second kappa shape index (κ2) is 20.5. The van der Waals surface area contributed by atoms with Crippen molar-refractivity contribution in [2.24, 2.45) is 9.98 Å². The van der Waals surface area contributed by atoms with Gasteiger partial charge in [0.15, 0.2) is 5.84 Å². The van der Waals surface area contributed by atoms with E-state index >= 15 is 0 Å². The van der Waals surface area contributed by atoms with Crippen LogP contribution in [0.1, 0.15) is 74.2 Å². The molecule has 4 heterocycles. The first-order valence-corrected chi connectivity index (χ1v) is 25.5. The van der Waals surface area contributed by atoms with E-state index in [-0.39, 0.29) is 6.17 Å². The minimum Gasteiger partial charge on any atom is -0.456 e. The van der Waals surface area contributed by atoms with Gasteiger partial charge >= 0.3 is 0 Å². The van der Waals surface area contributed by atoms with Crippen molar-refractivity contribution in [1.82, 2.24) is 9.72 Å². The lowest BCUT2D eigenvalue weighted by molar-refractivity contribution is 0.669. The fourth-order valence-corrected chi connectivity index (χ4v) is 10.4. The zero-order chi connectivity index (χ0) is 50.8. The summed E-state index contributed by atoms with van der Waals surface area (Å²) < 4.78 is 8.97. The molecule has 9 aromatic carbocycles. The van der Waals surface area contributed by atoms with E-state index in [1.807, 2.05) is 58.9 Å². The molecule has 1 N–H and O–H groups in total. The van der Waals surface area contributed by atoms with Crippen LogP contribution in [0, 0.1) is 13.8 Å². The van der Waals surface area contributed by atoms with Crippen LogP contribution in [-0.2, 0) is 0 Å². The van der Waals surface area contributed by atoms with Crippen LogP contribution in [0.25, 0.3) is 93.6 Å². The molecule has 0 saturated carbocycles. The van der Waals surface area contributed by atoms with E-state index in [2.05, 4.69) is 213 Å². The van der Waals surface area contributed by atoms with E-state index in [9.17, 15) is 0 Å². The molecular formula is C68H60N4O. The Kier molecular flexibility index (Phi) is 13.4. The Morgan fingerprint density at radius 2 is 1.26 bits per heavy atom. The van der Waals surface area contributed by atoms with E-state index in [1.165, 1.54) is 65.4 Å². The Balaban J connectivity index is 0.000000387. The number of nitrogens with zero attached hydrogens (tertiary/aromatic N) is 3. The molecule has 0 saturated heterocycles. The van der Waals surface area contributed by atoms with Gasteiger partial charge in [-0.15, -0.1) is 0 Å². The number of para-hydroxylation sites is 1. The zero-order valence-corrected chi connectivity index (χ0v) is 42.8. The number of benzene rings is 9. The lowest BCUT2D eigenvalue weighted by atomic mass is 9.97. The van der Waals surface area contributed by atoms with Crippen LogP contribution in [0.2, 0.25) is 0 Å². The van der Waals surface area contributed by atoms with Gasteiger partial charge in [-0.25, -0.2) is 9.98 Å². The minimum absolute atomic E-state index is 0.286. The van der Waals surface area contributed by atoms with Gasteiger partial charge in [0.05, 0.1) is 16.6 Å². The fourth-order valence-electron chi connectivity index (χ4n) is 10.4. The molecule has 1 atom stereocenters. The summed E-state index contributed by atoms with van der Waals surface area (Å²) in [6.45, 7) is 22.3. The number of hydrogen-bond donors (Lipinski definition) is 1. The molecule has 1 aliphatic rings. The van der Waals surface area contributed by atoms with Gasteiger partial charge in [-0.1, -0.05) is 198 Å². The second-order valence-corrected chi connectivity index (χ2v) is 18.1. The van der Waals surface area contributed by atoms with Gasteiger partial charge in [0.1, 0.15) is 23.2 Å². The maximum Gasteiger partial charge on any atom is 0.159 e. The number of amidine groups is 2. The average Bonchev–Trinajstić information content (AvgIpc) is 4.08. The van der Waals surface area contributed by atoms with Gasteiger partial charge in [-0.3, -0.25) is 0 Å². The first-order chi connectivity index (χ1) is 35.8. The highest BCUT2D eigenvalue weighted by atomic mass is 16.3. The number of aliphatic imine (C=N–C) groups is 2. The topological polar surface area (TPSA) is 54.3 Å². The zero-order valence-electron chi connectivity index (χ0n) is 42.8. The van der Waals surface area contributed by atoms with Crippen molar-refractivity contribution in [3.8, 4) is 11.1 Å². The number of allylic oxidation sites excluding steroid dienone is 2. The van der Waals surface area contributed by atoms with Crippen LogP contribution in [0.4, 0.5) is 0 Å².